The van der Waals surface area contributed by atoms with E-state index in [-0.39, 0.29) is 25.5 Å². The molecule has 6 nitrogen and oxygen atoms in total. The summed E-state index contributed by atoms with van der Waals surface area (Å²) >= 11 is 0. The third-order valence-electron chi connectivity index (χ3n) is 6.57. The summed E-state index contributed by atoms with van der Waals surface area (Å²) in [4.78, 5) is 24.8. The van der Waals surface area contributed by atoms with E-state index in [1.54, 1.807) is 55.5 Å². The Kier molecular flexibility index (Phi) is 8.62. The number of hydrogen-bond donors (Lipinski definition) is 0. The van der Waals surface area contributed by atoms with E-state index in [0.717, 1.165) is 33.9 Å². The highest BCUT2D eigenvalue weighted by molar-refractivity contribution is 5.72. The lowest BCUT2D eigenvalue weighted by Crippen LogP contribution is -2.29. The number of benzene rings is 3. The topological polar surface area (TPSA) is 81.3 Å². The summed E-state index contributed by atoms with van der Waals surface area (Å²) in [7, 11) is 0. The number of aryl methyl sites for hydroxylation is 2. The van der Waals surface area contributed by atoms with Gasteiger partial charge in [-0.2, -0.15) is 18.4 Å². The van der Waals surface area contributed by atoms with Gasteiger partial charge in [-0.25, -0.2) is 4.79 Å². The molecular formula is C32H27F3N2O4. The van der Waals surface area contributed by atoms with Crippen LogP contribution in [0.1, 0.15) is 34.7 Å². The number of nitrogens with zero attached hydrogens (tertiary/aromatic N) is 2. The maximum atomic E-state index is 13.9. The van der Waals surface area contributed by atoms with Gasteiger partial charge in [-0.3, -0.25) is 4.79 Å². The van der Waals surface area contributed by atoms with Crippen LogP contribution in [0.15, 0.2) is 77.6 Å². The summed E-state index contributed by atoms with van der Waals surface area (Å²) in [5.74, 6) is 0.00534. The Balaban J connectivity index is 1.72. The number of rotatable bonds is 8. The lowest BCUT2D eigenvalue weighted by molar-refractivity contribution is -0.145. The number of ether oxygens (including phenoxy) is 2. The average Bonchev–Trinajstić information content (AvgIpc) is 2.94. The van der Waals surface area contributed by atoms with Crippen LogP contribution in [0.4, 0.5) is 13.2 Å². The molecule has 0 aliphatic heterocycles. The van der Waals surface area contributed by atoms with Crippen LogP contribution in [0.2, 0.25) is 0 Å². The first-order chi connectivity index (χ1) is 19.5. The van der Waals surface area contributed by atoms with Gasteiger partial charge in [-0.15, -0.1) is 0 Å². The van der Waals surface area contributed by atoms with Crippen molar-refractivity contribution in [1.82, 2.24) is 4.57 Å². The van der Waals surface area contributed by atoms with Crippen LogP contribution in [0.3, 0.4) is 0 Å². The molecule has 0 saturated carbocycles. The van der Waals surface area contributed by atoms with Crippen LogP contribution < -0.4 is 10.3 Å². The fourth-order valence-electron chi connectivity index (χ4n) is 4.49. The highest BCUT2D eigenvalue weighted by Crippen LogP contribution is 2.34. The summed E-state index contributed by atoms with van der Waals surface area (Å²) in [6.45, 7) is 5.55. The van der Waals surface area contributed by atoms with Crippen molar-refractivity contribution >= 4 is 5.97 Å². The molecule has 0 unspecified atom stereocenters. The molecule has 210 valence electrons. The molecule has 4 rings (SSSR count). The van der Waals surface area contributed by atoms with E-state index in [2.05, 4.69) is 0 Å². The van der Waals surface area contributed by atoms with Gasteiger partial charge >= 0.3 is 12.1 Å². The van der Waals surface area contributed by atoms with Crippen LogP contribution in [0.5, 0.6) is 5.75 Å². The highest BCUT2D eigenvalue weighted by Gasteiger charge is 2.36. The molecule has 0 spiro atoms. The van der Waals surface area contributed by atoms with E-state index in [4.69, 9.17) is 9.47 Å². The minimum absolute atomic E-state index is 0.00209. The Hall–Kier alpha value is -4.84. The molecule has 0 bridgehead atoms. The zero-order valence-corrected chi connectivity index (χ0v) is 22.7. The molecule has 0 fully saturated rings. The second-order valence-electron chi connectivity index (χ2n) is 9.44. The van der Waals surface area contributed by atoms with Gasteiger partial charge in [0.05, 0.1) is 24.4 Å². The van der Waals surface area contributed by atoms with E-state index in [9.17, 15) is 28.0 Å². The van der Waals surface area contributed by atoms with Crippen molar-refractivity contribution in [1.29, 1.82) is 5.26 Å². The molecular weight excluding hydrogens is 533 g/mol. The number of hydrogen-bond acceptors (Lipinski definition) is 5. The molecule has 0 amide bonds. The maximum absolute atomic E-state index is 13.9. The lowest BCUT2D eigenvalue weighted by atomic mass is 9.99. The molecule has 0 atom stereocenters. The second-order valence-corrected chi connectivity index (χ2v) is 9.44. The Morgan fingerprint density at radius 2 is 1.54 bits per heavy atom. The third kappa shape index (κ3) is 6.67. The first-order valence-corrected chi connectivity index (χ1v) is 12.8. The van der Waals surface area contributed by atoms with Crippen molar-refractivity contribution in [3.63, 3.8) is 0 Å². The molecule has 9 heteroatoms. The molecule has 0 aliphatic carbocycles. The molecule has 3 aromatic carbocycles. The van der Waals surface area contributed by atoms with Crippen molar-refractivity contribution in [2.75, 3.05) is 13.2 Å². The number of pyridine rings is 1. The number of halogens is 3. The quantitative estimate of drug-likeness (QED) is 0.225. The van der Waals surface area contributed by atoms with Gasteiger partial charge in [0, 0.05) is 0 Å². The van der Waals surface area contributed by atoms with Gasteiger partial charge < -0.3 is 14.0 Å². The minimum atomic E-state index is -4.88. The van der Waals surface area contributed by atoms with Gasteiger partial charge in [0.2, 0.25) is 0 Å². The smallest absolute Gasteiger partial charge is 0.417 e. The first-order valence-electron chi connectivity index (χ1n) is 12.8. The molecule has 0 aliphatic rings. The normalized spacial score (nSPS) is 11.1. The van der Waals surface area contributed by atoms with E-state index in [1.165, 1.54) is 10.6 Å². The first kappa shape index (κ1) is 29.2. The lowest BCUT2D eigenvalue weighted by Gasteiger charge is -2.19. The van der Waals surface area contributed by atoms with Gasteiger partial charge in [0.15, 0.2) is 6.61 Å². The SMILES string of the molecule is CCOC(=O)COc1ccc(-c2ccc(-c3cc(C(F)(F)F)c(C#N)c(=O)n3Cc3ccc(C)cc3C)cc2)cc1. The van der Waals surface area contributed by atoms with Gasteiger partial charge in [0.25, 0.3) is 5.56 Å². The predicted octanol–water partition coefficient (Wildman–Crippen LogP) is 6.68. The molecule has 4 aromatic rings. The van der Waals surface area contributed by atoms with Gasteiger partial charge in [-0.05, 0) is 66.8 Å². The van der Waals surface area contributed by atoms with Crippen molar-refractivity contribution in [3.8, 4) is 34.2 Å². The Labute approximate surface area is 235 Å². The fraction of sp³-hybridized carbons (Fsp3) is 0.219. The Bertz CT molecular complexity index is 1670. The van der Waals surface area contributed by atoms with E-state index < -0.39 is 28.8 Å². The summed E-state index contributed by atoms with van der Waals surface area (Å²) < 4.78 is 53.2. The van der Waals surface area contributed by atoms with Crippen LogP contribution in [-0.2, 0) is 22.3 Å². The number of esters is 1. The highest BCUT2D eigenvalue weighted by atomic mass is 19.4. The molecule has 0 radical (unpaired) electrons. The second kappa shape index (κ2) is 12.1. The number of alkyl halides is 3. The van der Waals surface area contributed by atoms with Crippen molar-refractivity contribution in [2.24, 2.45) is 0 Å². The molecule has 1 aromatic heterocycles. The Morgan fingerprint density at radius 1 is 0.927 bits per heavy atom. The van der Waals surface area contributed by atoms with Crippen LogP contribution in [0.25, 0.3) is 22.4 Å². The van der Waals surface area contributed by atoms with E-state index in [0.29, 0.717) is 11.3 Å². The third-order valence-corrected chi connectivity index (χ3v) is 6.57. The summed E-state index contributed by atoms with van der Waals surface area (Å²) in [5.41, 5.74) is 1.47. The van der Waals surface area contributed by atoms with Crippen LogP contribution >= 0.6 is 0 Å². The van der Waals surface area contributed by atoms with Crippen molar-refractivity contribution < 1.29 is 27.4 Å². The minimum Gasteiger partial charge on any atom is -0.482 e. The van der Waals surface area contributed by atoms with Gasteiger partial charge in [-0.1, -0.05) is 60.2 Å². The standard InChI is InChI=1S/C32H27F3N2O4/c1-4-40-30(38)19-41-26-13-11-23(12-14-26)22-7-9-24(10-8-22)29-16-28(32(33,34)35)27(17-36)31(39)37(29)18-25-6-5-20(2)15-21(25)3/h5-16H,4,18-19H2,1-3H3. The summed E-state index contributed by atoms with van der Waals surface area (Å²) in [6.07, 6.45) is -4.88. The number of carbonyl (C=O) groups excluding carboxylic acids is 1. The van der Waals surface area contributed by atoms with E-state index >= 15 is 0 Å². The van der Waals surface area contributed by atoms with E-state index in [1.807, 2.05) is 32.0 Å². The number of nitriles is 1. The summed E-state index contributed by atoms with van der Waals surface area (Å²) in [5, 5.41) is 9.48. The maximum Gasteiger partial charge on any atom is 0.417 e. The summed E-state index contributed by atoms with van der Waals surface area (Å²) in [6, 6.07) is 21.7. The zero-order valence-electron chi connectivity index (χ0n) is 22.7. The fourth-order valence-corrected chi connectivity index (χ4v) is 4.49. The van der Waals surface area contributed by atoms with Crippen molar-refractivity contribution in [2.45, 2.75) is 33.5 Å². The molecule has 0 saturated heterocycles. The predicted molar refractivity (Wildman–Crippen MR) is 148 cm³/mol. The monoisotopic (exact) mass is 560 g/mol. The zero-order chi connectivity index (χ0) is 29.7. The number of aromatic nitrogens is 1. The van der Waals surface area contributed by atoms with Crippen LogP contribution in [-0.4, -0.2) is 23.8 Å². The molecule has 41 heavy (non-hydrogen) atoms. The van der Waals surface area contributed by atoms with Crippen LogP contribution in [0, 0.1) is 25.2 Å². The largest absolute Gasteiger partial charge is 0.482 e. The molecule has 1 heterocycles. The molecule has 0 N–H and O–H groups in total. The Morgan fingerprint density at radius 3 is 2.10 bits per heavy atom. The van der Waals surface area contributed by atoms with Gasteiger partial charge in [0.1, 0.15) is 17.4 Å². The van der Waals surface area contributed by atoms with Crippen molar-refractivity contribution in [3.05, 3.63) is 111 Å². The average molecular weight is 561 g/mol. The number of carbonyl (C=O) groups is 1.